The van der Waals surface area contributed by atoms with Crippen LogP contribution in [0.3, 0.4) is 0 Å². The van der Waals surface area contributed by atoms with Crippen molar-refractivity contribution in [3.63, 3.8) is 0 Å². The van der Waals surface area contributed by atoms with Crippen LogP contribution in [0.4, 0.5) is 0 Å². The third-order valence-corrected chi connectivity index (χ3v) is 7.70. The lowest BCUT2D eigenvalue weighted by molar-refractivity contribution is 0.0967. The molecule has 1 aliphatic rings. The average Bonchev–Trinajstić information content (AvgIpc) is 3.09. The first-order chi connectivity index (χ1) is 15.3. The van der Waals surface area contributed by atoms with E-state index < -0.39 is 15.8 Å². The Morgan fingerprint density at radius 1 is 1.16 bits per heavy atom. The van der Waals surface area contributed by atoms with E-state index in [1.165, 1.54) is 27.1 Å². The molecule has 0 unspecified atom stereocenters. The highest BCUT2D eigenvalue weighted by Gasteiger charge is 2.29. The fourth-order valence-electron chi connectivity index (χ4n) is 3.94. The number of rotatable bonds is 7. The number of fused-ring (bicyclic) bond motifs is 1. The Bertz CT molecular complexity index is 1300. The molecule has 0 N–H and O–H groups in total. The number of hydrogen-bond donors (Lipinski definition) is 0. The Kier molecular flexibility index (Phi) is 6.21. The Morgan fingerprint density at radius 3 is 2.59 bits per heavy atom. The SMILES string of the molecule is CCOc1ccccc1C(=O)Cn1c(=O)oc2cc(S(=O)(=O)N3CCC(C)CC3)ccc21. The number of ketones is 1. The summed E-state index contributed by atoms with van der Waals surface area (Å²) in [7, 11) is -3.68. The number of benzene rings is 2. The van der Waals surface area contributed by atoms with Crippen molar-refractivity contribution in [2.75, 3.05) is 19.7 Å². The van der Waals surface area contributed by atoms with Crippen molar-refractivity contribution >= 4 is 26.9 Å². The number of nitrogens with zero attached hydrogens (tertiary/aromatic N) is 2. The van der Waals surface area contributed by atoms with Gasteiger partial charge in [0, 0.05) is 19.2 Å². The van der Waals surface area contributed by atoms with Crippen LogP contribution in [0.1, 0.15) is 37.0 Å². The molecule has 9 heteroatoms. The maximum absolute atomic E-state index is 13.0. The monoisotopic (exact) mass is 458 g/mol. The number of piperidine rings is 1. The molecule has 0 amide bonds. The third-order valence-electron chi connectivity index (χ3n) is 5.81. The Balaban J connectivity index is 1.64. The zero-order chi connectivity index (χ0) is 22.9. The van der Waals surface area contributed by atoms with Crippen molar-refractivity contribution in [2.24, 2.45) is 5.92 Å². The molecular formula is C23H26N2O6S. The van der Waals surface area contributed by atoms with Crippen molar-refractivity contribution in [1.29, 1.82) is 0 Å². The molecule has 0 aliphatic carbocycles. The number of para-hydroxylation sites is 1. The minimum Gasteiger partial charge on any atom is -0.493 e. The molecule has 2 aromatic carbocycles. The Hall–Kier alpha value is -2.91. The molecule has 0 atom stereocenters. The van der Waals surface area contributed by atoms with E-state index in [1.54, 1.807) is 24.3 Å². The van der Waals surface area contributed by atoms with Crippen LogP contribution in [0.2, 0.25) is 0 Å². The van der Waals surface area contributed by atoms with Gasteiger partial charge in [0.15, 0.2) is 11.4 Å². The van der Waals surface area contributed by atoms with E-state index in [-0.39, 0.29) is 22.8 Å². The van der Waals surface area contributed by atoms with Gasteiger partial charge in [0.05, 0.1) is 29.1 Å². The maximum Gasteiger partial charge on any atom is 0.420 e. The van der Waals surface area contributed by atoms with Crippen LogP contribution in [-0.2, 0) is 16.6 Å². The van der Waals surface area contributed by atoms with Gasteiger partial charge in [-0.05, 0) is 49.9 Å². The van der Waals surface area contributed by atoms with Crippen LogP contribution in [0, 0.1) is 5.92 Å². The largest absolute Gasteiger partial charge is 0.493 e. The molecule has 8 nitrogen and oxygen atoms in total. The number of carbonyl (C=O) groups excluding carboxylic acids is 1. The number of oxazole rings is 1. The number of sulfonamides is 1. The number of aromatic nitrogens is 1. The molecule has 170 valence electrons. The van der Waals surface area contributed by atoms with Gasteiger partial charge in [0.25, 0.3) is 0 Å². The van der Waals surface area contributed by atoms with Crippen LogP contribution in [0.25, 0.3) is 11.1 Å². The molecule has 0 spiro atoms. The van der Waals surface area contributed by atoms with E-state index in [2.05, 4.69) is 6.92 Å². The third kappa shape index (κ3) is 4.22. The molecule has 1 aromatic heterocycles. The predicted octanol–water partition coefficient (Wildman–Crippen LogP) is 3.30. The van der Waals surface area contributed by atoms with Crippen LogP contribution >= 0.6 is 0 Å². The van der Waals surface area contributed by atoms with Gasteiger partial charge in [0.2, 0.25) is 10.0 Å². The van der Waals surface area contributed by atoms with Gasteiger partial charge in [-0.15, -0.1) is 0 Å². The van der Waals surface area contributed by atoms with Crippen LogP contribution in [-0.4, -0.2) is 42.8 Å². The Labute approximate surface area is 186 Å². The van der Waals surface area contributed by atoms with Gasteiger partial charge in [-0.25, -0.2) is 13.2 Å². The van der Waals surface area contributed by atoms with Gasteiger partial charge >= 0.3 is 5.76 Å². The molecule has 4 rings (SSSR count). The van der Waals surface area contributed by atoms with E-state index in [0.29, 0.717) is 42.4 Å². The molecule has 1 saturated heterocycles. The summed E-state index contributed by atoms with van der Waals surface area (Å²) in [5.74, 6) is -0.0759. The lowest BCUT2D eigenvalue weighted by Crippen LogP contribution is -2.37. The lowest BCUT2D eigenvalue weighted by Gasteiger charge is -2.29. The summed E-state index contributed by atoms with van der Waals surface area (Å²) in [5.41, 5.74) is 0.866. The summed E-state index contributed by atoms with van der Waals surface area (Å²) in [4.78, 5) is 25.4. The lowest BCUT2D eigenvalue weighted by atomic mass is 10.0. The molecule has 0 saturated carbocycles. The second-order valence-corrected chi connectivity index (χ2v) is 9.96. The summed E-state index contributed by atoms with van der Waals surface area (Å²) in [6.07, 6.45) is 1.64. The van der Waals surface area contributed by atoms with Crippen LogP contribution in [0.5, 0.6) is 5.75 Å². The van der Waals surface area contributed by atoms with Crippen molar-refractivity contribution in [3.8, 4) is 5.75 Å². The van der Waals surface area contributed by atoms with Crippen LogP contribution < -0.4 is 10.5 Å². The number of ether oxygens (including phenoxy) is 1. The van der Waals surface area contributed by atoms with Crippen molar-refractivity contribution in [2.45, 2.75) is 38.1 Å². The highest BCUT2D eigenvalue weighted by molar-refractivity contribution is 7.89. The van der Waals surface area contributed by atoms with E-state index in [1.807, 2.05) is 6.92 Å². The van der Waals surface area contributed by atoms with E-state index in [4.69, 9.17) is 9.15 Å². The highest BCUT2D eigenvalue weighted by atomic mass is 32.2. The second-order valence-electron chi connectivity index (χ2n) is 8.02. The van der Waals surface area contributed by atoms with Crippen molar-refractivity contribution < 1.29 is 22.4 Å². The molecule has 2 heterocycles. The average molecular weight is 459 g/mol. The molecule has 32 heavy (non-hydrogen) atoms. The molecule has 1 fully saturated rings. The second kappa shape index (κ2) is 8.91. The molecule has 0 bridgehead atoms. The van der Waals surface area contributed by atoms with Crippen LogP contribution in [0.15, 0.2) is 56.6 Å². The summed E-state index contributed by atoms with van der Waals surface area (Å²) in [6.45, 7) is 5.05. The Morgan fingerprint density at radius 2 is 1.88 bits per heavy atom. The first-order valence-electron chi connectivity index (χ1n) is 10.7. The fourth-order valence-corrected chi connectivity index (χ4v) is 5.42. The van der Waals surface area contributed by atoms with Crippen molar-refractivity contribution in [3.05, 3.63) is 58.6 Å². The predicted molar refractivity (Wildman–Crippen MR) is 120 cm³/mol. The minimum atomic E-state index is -3.68. The molecule has 3 aromatic rings. The summed E-state index contributed by atoms with van der Waals surface area (Å²) < 4.78 is 39.5. The zero-order valence-electron chi connectivity index (χ0n) is 18.1. The highest BCUT2D eigenvalue weighted by Crippen LogP contribution is 2.26. The van der Waals surface area contributed by atoms with E-state index in [0.717, 1.165) is 12.8 Å². The van der Waals surface area contributed by atoms with Gasteiger partial charge in [-0.3, -0.25) is 9.36 Å². The zero-order valence-corrected chi connectivity index (χ0v) is 18.9. The smallest absolute Gasteiger partial charge is 0.420 e. The first-order valence-corrected chi connectivity index (χ1v) is 12.1. The molecule has 0 radical (unpaired) electrons. The van der Waals surface area contributed by atoms with E-state index >= 15 is 0 Å². The number of hydrogen-bond acceptors (Lipinski definition) is 6. The fraction of sp³-hybridized carbons (Fsp3) is 0.391. The summed E-state index contributed by atoms with van der Waals surface area (Å²) in [6, 6.07) is 11.2. The van der Waals surface area contributed by atoms with Gasteiger partial charge in [-0.1, -0.05) is 19.1 Å². The maximum atomic E-state index is 13.0. The number of carbonyl (C=O) groups is 1. The number of Topliss-reactive ketones (excluding diaryl/α,β-unsaturated/α-hetero) is 1. The topological polar surface area (TPSA) is 98.8 Å². The van der Waals surface area contributed by atoms with Gasteiger partial charge < -0.3 is 9.15 Å². The molecule has 1 aliphatic heterocycles. The first kappa shape index (κ1) is 22.3. The summed E-state index contributed by atoms with van der Waals surface area (Å²) >= 11 is 0. The van der Waals surface area contributed by atoms with Crippen molar-refractivity contribution in [1.82, 2.24) is 8.87 Å². The minimum absolute atomic E-state index is 0.0773. The van der Waals surface area contributed by atoms with Gasteiger partial charge in [-0.2, -0.15) is 4.31 Å². The summed E-state index contributed by atoms with van der Waals surface area (Å²) in [5, 5.41) is 0. The van der Waals surface area contributed by atoms with E-state index in [9.17, 15) is 18.0 Å². The van der Waals surface area contributed by atoms with Gasteiger partial charge in [0.1, 0.15) is 5.75 Å². The normalized spacial score (nSPS) is 15.8. The quantitative estimate of drug-likeness (QED) is 0.504. The standard InChI is InChI=1S/C23H26N2O6S/c1-3-30-21-7-5-4-6-18(21)20(26)15-25-19-9-8-17(14-22(19)31-23(25)27)32(28,29)24-12-10-16(2)11-13-24/h4-9,14,16H,3,10-13,15H2,1-2H3. The molecular weight excluding hydrogens is 432 g/mol.